The number of hydrogen-bond donors (Lipinski definition) is 2. The highest BCUT2D eigenvalue weighted by atomic mass is 16.3. The van der Waals surface area contributed by atoms with Crippen molar-refractivity contribution in [2.24, 2.45) is 10.4 Å². The fourth-order valence-corrected chi connectivity index (χ4v) is 1.81. The van der Waals surface area contributed by atoms with Crippen molar-refractivity contribution in [1.29, 1.82) is 0 Å². The Bertz CT molecular complexity index is 445. The highest BCUT2D eigenvalue weighted by Gasteiger charge is 2.22. The third-order valence-corrected chi connectivity index (χ3v) is 3.04. The smallest absolute Gasteiger partial charge is 0.127 e. The van der Waals surface area contributed by atoms with Crippen molar-refractivity contribution in [2.45, 2.75) is 40.7 Å². The molecule has 0 spiro atoms. The van der Waals surface area contributed by atoms with Gasteiger partial charge in [0.15, 0.2) is 0 Å². The minimum absolute atomic E-state index is 0.00552. The monoisotopic (exact) mass is 249 g/mol. The fraction of sp³-hybridized carbons (Fsp3) is 0.533. The van der Waals surface area contributed by atoms with Crippen molar-refractivity contribution >= 4 is 6.21 Å². The molecule has 0 heterocycles. The molecule has 0 aliphatic carbocycles. The molecule has 18 heavy (non-hydrogen) atoms. The Kier molecular flexibility index (Phi) is 4.52. The Morgan fingerprint density at radius 2 is 1.89 bits per heavy atom. The topological polar surface area (TPSA) is 52.8 Å². The average Bonchev–Trinajstić information content (AvgIpc) is 2.23. The SMILES string of the molecule is Cc1cc(C)c(O)c(C=NC(CO)C(C)(C)C)c1. The zero-order chi connectivity index (χ0) is 13.9. The van der Waals surface area contributed by atoms with E-state index in [4.69, 9.17) is 0 Å². The molecule has 0 saturated carbocycles. The molecular formula is C15H23NO2. The quantitative estimate of drug-likeness (QED) is 0.809. The molecular weight excluding hydrogens is 226 g/mol. The molecule has 1 rings (SSSR count). The summed E-state index contributed by atoms with van der Waals surface area (Å²) in [5.74, 6) is 0.259. The van der Waals surface area contributed by atoms with Crippen molar-refractivity contribution in [3.8, 4) is 5.75 Å². The Morgan fingerprint density at radius 1 is 1.28 bits per heavy atom. The van der Waals surface area contributed by atoms with Gasteiger partial charge in [-0.05, 0) is 36.5 Å². The maximum absolute atomic E-state index is 9.96. The summed E-state index contributed by atoms with van der Waals surface area (Å²) in [6.07, 6.45) is 1.65. The van der Waals surface area contributed by atoms with Crippen molar-refractivity contribution < 1.29 is 10.2 Å². The van der Waals surface area contributed by atoms with Gasteiger partial charge in [-0.2, -0.15) is 0 Å². The molecule has 1 aromatic carbocycles. The first kappa shape index (κ1) is 14.7. The van der Waals surface area contributed by atoms with Gasteiger partial charge in [-0.15, -0.1) is 0 Å². The Hall–Kier alpha value is -1.35. The van der Waals surface area contributed by atoms with E-state index >= 15 is 0 Å². The summed E-state index contributed by atoms with van der Waals surface area (Å²) >= 11 is 0. The Morgan fingerprint density at radius 3 is 2.39 bits per heavy atom. The van der Waals surface area contributed by atoms with Gasteiger partial charge in [-0.3, -0.25) is 4.99 Å². The lowest BCUT2D eigenvalue weighted by molar-refractivity contribution is 0.191. The lowest BCUT2D eigenvalue weighted by Crippen LogP contribution is -2.28. The van der Waals surface area contributed by atoms with Crippen molar-refractivity contribution in [3.63, 3.8) is 0 Å². The number of aliphatic hydroxyl groups excluding tert-OH is 1. The van der Waals surface area contributed by atoms with Gasteiger partial charge >= 0.3 is 0 Å². The minimum Gasteiger partial charge on any atom is -0.507 e. The second-order valence-corrected chi connectivity index (χ2v) is 5.86. The van der Waals surface area contributed by atoms with Crippen LogP contribution in [-0.2, 0) is 0 Å². The highest BCUT2D eigenvalue weighted by molar-refractivity contribution is 5.84. The highest BCUT2D eigenvalue weighted by Crippen LogP contribution is 2.24. The number of phenols is 1. The summed E-state index contributed by atoms with van der Waals surface area (Å²) in [6, 6.07) is 3.65. The molecule has 0 aromatic heterocycles. The molecule has 0 aliphatic heterocycles. The molecule has 2 N–H and O–H groups in total. The van der Waals surface area contributed by atoms with E-state index in [2.05, 4.69) is 4.99 Å². The summed E-state index contributed by atoms with van der Waals surface area (Å²) < 4.78 is 0. The van der Waals surface area contributed by atoms with Crippen molar-refractivity contribution in [3.05, 3.63) is 28.8 Å². The van der Waals surface area contributed by atoms with Crippen LogP contribution in [0, 0.1) is 19.3 Å². The van der Waals surface area contributed by atoms with Crippen LogP contribution in [-0.4, -0.2) is 29.1 Å². The number of hydrogen-bond acceptors (Lipinski definition) is 3. The van der Waals surface area contributed by atoms with E-state index in [9.17, 15) is 10.2 Å². The molecule has 1 unspecified atom stereocenters. The fourth-order valence-electron chi connectivity index (χ4n) is 1.81. The molecule has 0 fully saturated rings. The standard InChI is InChI=1S/C15H23NO2/c1-10-6-11(2)14(18)12(7-10)8-16-13(9-17)15(3,4)5/h6-8,13,17-18H,9H2,1-5H3. The van der Waals surface area contributed by atoms with E-state index in [1.54, 1.807) is 6.21 Å². The van der Waals surface area contributed by atoms with Crippen LogP contribution in [0.1, 0.15) is 37.5 Å². The minimum atomic E-state index is -0.169. The molecule has 0 bridgehead atoms. The zero-order valence-corrected chi connectivity index (χ0v) is 11.9. The van der Waals surface area contributed by atoms with Gasteiger partial charge in [-0.25, -0.2) is 0 Å². The number of aryl methyl sites for hydroxylation is 2. The summed E-state index contributed by atoms with van der Waals surface area (Å²) in [7, 11) is 0. The molecule has 0 saturated heterocycles. The van der Waals surface area contributed by atoms with Gasteiger partial charge in [-0.1, -0.05) is 26.8 Å². The van der Waals surface area contributed by atoms with Gasteiger partial charge in [0, 0.05) is 11.8 Å². The van der Waals surface area contributed by atoms with Crippen LogP contribution < -0.4 is 0 Å². The predicted octanol–water partition coefficient (Wildman–Crippen LogP) is 2.83. The lowest BCUT2D eigenvalue weighted by atomic mass is 9.88. The molecule has 0 amide bonds. The normalized spacial score (nSPS) is 14.1. The van der Waals surface area contributed by atoms with E-state index in [-0.39, 0.29) is 23.8 Å². The van der Waals surface area contributed by atoms with Crippen LogP contribution in [0.4, 0.5) is 0 Å². The third kappa shape index (κ3) is 3.57. The van der Waals surface area contributed by atoms with Crippen LogP contribution >= 0.6 is 0 Å². The van der Waals surface area contributed by atoms with E-state index in [0.717, 1.165) is 11.1 Å². The molecule has 0 aliphatic rings. The number of aliphatic hydroxyl groups is 1. The van der Waals surface area contributed by atoms with Crippen LogP contribution in [0.5, 0.6) is 5.75 Å². The third-order valence-electron chi connectivity index (χ3n) is 3.04. The Labute approximate surface area is 109 Å². The number of nitrogens with zero attached hydrogens (tertiary/aromatic N) is 1. The lowest BCUT2D eigenvalue weighted by Gasteiger charge is -2.25. The summed E-state index contributed by atoms with van der Waals surface area (Å²) in [5.41, 5.74) is 2.53. The van der Waals surface area contributed by atoms with E-state index in [1.807, 2.05) is 46.8 Å². The van der Waals surface area contributed by atoms with Crippen LogP contribution in [0.25, 0.3) is 0 Å². The zero-order valence-electron chi connectivity index (χ0n) is 11.9. The number of phenolic OH excluding ortho intramolecular Hbond substituents is 1. The molecule has 1 atom stereocenters. The van der Waals surface area contributed by atoms with Crippen LogP contribution in [0.3, 0.4) is 0 Å². The Balaban J connectivity index is 3.04. The summed E-state index contributed by atoms with van der Waals surface area (Å²) in [5, 5.41) is 19.3. The molecule has 3 heteroatoms. The first-order chi connectivity index (χ1) is 8.25. The maximum Gasteiger partial charge on any atom is 0.127 e. The molecule has 100 valence electrons. The molecule has 0 radical (unpaired) electrons. The van der Waals surface area contributed by atoms with E-state index in [1.165, 1.54) is 0 Å². The van der Waals surface area contributed by atoms with E-state index in [0.29, 0.717) is 5.56 Å². The number of benzene rings is 1. The number of aromatic hydroxyl groups is 1. The molecule has 3 nitrogen and oxygen atoms in total. The van der Waals surface area contributed by atoms with Gasteiger partial charge in [0.05, 0.1) is 12.6 Å². The number of rotatable bonds is 3. The van der Waals surface area contributed by atoms with Crippen LogP contribution in [0.15, 0.2) is 17.1 Å². The second kappa shape index (κ2) is 5.53. The largest absolute Gasteiger partial charge is 0.507 e. The van der Waals surface area contributed by atoms with Crippen molar-refractivity contribution in [2.75, 3.05) is 6.61 Å². The number of aliphatic imine (C=N–C) groups is 1. The van der Waals surface area contributed by atoms with Gasteiger partial charge in [0.25, 0.3) is 0 Å². The maximum atomic E-state index is 9.96. The van der Waals surface area contributed by atoms with E-state index < -0.39 is 0 Å². The average molecular weight is 249 g/mol. The first-order valence-corrected chi connectivity index (χ1v) is 6.20. The summed E-state index contributed by atoms with van der Waals surface area (Å²) in [4.78, 5) is 4.39. The van der Waals surface area contributed by atoms with Gasteiger partial charge in [0.1, 0.15) is 5.75 Å². The van der Waals surface area contributed by atoms with Crippen molar-refractivity contribution in [1.82, 2.24) is 0 Å². The van der Waals surface area contributed by atoms with Gasteiger partial charge in [0.2, 0.25) is 0 Å². The molecule has 1 aromatic rings. The second-order valence-electron chi connectivity index (χ2n) is 5.86. The van der Waals surface area contributed by atoms with Gasteiger partial charge < -0.3 is 10.2 Å². The van der Waals surface area contributed by atoms with Crippen LogP contribution in [0.2, 0.25) is 0 Å². The summed E-state index contributed by atoms with van der Waals surface area (Å²) in [6.45, 7) is 9.96. The predicted molar refractivity (Wildman–Crippen MR) is 75.5 cm³/mol. The first-order valence-electron chi connectivity index (χ1n) is 6.20.